The van der Waals surface area contributed by atoms with Crippen LogP contribution in [0.15, 0.2) is 18.2 Å². The van der Waals surface area contributed by atoms with Gasteiger partial charge in [0.15, 0.2) is 0 Å². The van der Waals surface area contributed by atoms with Gasteiger partial charge in [-0.05, 0) is 54.7 Å². The average molecular weight is 383 g/mol. The van der Waals surface area contributed by atoms with Crippen molar-refractivity contribution in [2.45, 2.75) is 98.0 Å². The van der Waals surface area contributed by atoms with Crippen molar-refractivity contribution in [2.75, 3.05) is 0 Å². The molecule has 0 bridgehead atoms. The van der Waals surface area contributed by atoms with Crippen LogP contribution in [0.2, 0.25) is 0 Å². The van der Waals surface area contributed by atoms with Gasteiger partial charge in [0.1, 0.15) is 11.6 Å². The summed E-state index contributed by atoms with van der Waals surface area (Å²) in [6, 6.07) is 3.74. The molecule has 0 aliphatic rings. The van der Waals surface area contributed by atoms with Crippen LogP contribution in [-0.2, 0) is 6.42 Å². The zero-order chi connectivity index (χ0) is 20.4. The van der Waals surface area contributed by atoms with Crippen molar-refractivity contribution >= 4 is 0 Å². The lowest BCUT2D eigenvalue weighted by atomic mass is 9.67. The molecule has 0 saturated carbocycles. The van der Waals surface area contributed by atoms with E-state index in [4.69, 9.17) is 0 Å². The van der Waals surface area contributed by atoms with Crippen LogP contribution in [-0.4, -0.2) is 10.7 Å². The van der Waals surface area contributed by atoms with Crippen molar-refractivity contribution in [3.05, 3.63) is 35.4 Å². The molecule has 1 unspecified atom stereocenters. The summed E-state index contributed by atoms with van der Waals surface area (Å²) in [5.41, 5.74) is -0.0785. The topological polar surface area (TPSA) is 20.2 Å². The fourth-order valence-corrected chi connectivity index (χ4v) is 4.48. The Morgan fingerprint density at radius 3 is 1.85 bits per heavy atom. The molecule has 0 spiro atoms. The Hall–Kier alpha value is -0.960. The lowest BCUT2D eigenvalue weighted by molar-refractivity contribution is -0.101. The summed E-state index contributed by atoms with van der Waals surface area (Å²) in [4.78, 5) is 0. The minimum atomic E-state index is -0.755. The summed E-state index contributed by atoms with van der Waals surface area (Å²) in [7, 11) is 0. The van der Waals surface area contributed by atoms with Crippen molar-refractivity contribution < 1.29 is 13.9 Å². The highest BCUT2D eigenvalue weighted by Gasteiger charge is 2.41. The first-order valence-corrected chi connectivity index (χ1v) is 10.9. The summed E-state index contributed by atoms with van der Waals surface area (Å²) in [5, 5.41) is 11.5. The summed E-state index contributed by atoms with van der Waals surface area (Å²) in [6.07, 6.45) is 9.67. The van der Waals surface area contributed by atoms with Gasteiger partial charge in [-0.25, -0.2) is 8.78 Å². The molecule has 0 heterocycles. The maximum Gasteiger partial charge on any atom is 0.126 e. The lowest BCUT2D eigenvalue weighted by Gasteiger charge is -2.43. The van der Waals surface area contributed by atoms with Crippen LogP contribution in [0.4, 0.5) is 8.78 Å². The zero-order valence-electron chi connectivity index (χ0n) is 18.0. The van der Waals surface area contributed by atoms with Crippen molar-refractivity contribution in [2.24, 2.45) is 17.8 Å². The van der Waals surface area contributed by atoms with Gasteiger partial charge in [-0.1, -0.05) is 73.1 Å². The number of hydrogen-bond acceptors (Lipinski definition) is 1. The van der Waals surface area contributed by atoms with Crippen LogP contribution in [0.3, 0.4) is 0 Å². The molecule has 0 aliphatic carbocycles. The zero-order valence-corrected chi connectivity index (χ0v) is 18.0. The number of aliphatic hydroxyl groups is 1. The Labute approximate surface area is 165 Å². The fraction of sp³-hybridized carbons (Fsp3) is 0.750. The number of benzene rings is 1. The molecule has 3 heteroatoms. The maximum absolute atomic E-state index is 13.5. The Morgan fingerprint density at radius 1 is 0.815 bits per heavy atom. The van der Waals surface area contributed by atoms with E-state index in [0.717, 1.165) is 25.3 Å². The molecule has 27 heavy (non-hydrogen) atoms. The third kappa shape index (κ3) is 7.52. The third-order valence-electron chi connectivity index (χ3n) is 6.11. The summed E-state index contributed by atoms with van der Waals surface area (Å²) >= 11 is 0. The van der Waals surface area contributed by atoms with Crippen LogP contribution in [0, 0.1) is 29.4 Å². The van der Waals surface area contributed by atoms with Gasteiger partial charge in [0, 0.05) is 6.07 Å². The first-order valence-electron chi connectivity index (χ1n) is 10.9. The van der Waals surface area contributed by atoms with Crippen molar-refractivity contribution in [1.29, 1.82) is 0 Å². The number of aryl methyl sites for hydroxylation is 1. The van der Waals surface area contributed by atoms with E-state index in [1.54, 1.807) is 0 Å². The first-order chi connectivity index (χ1) is 12.7. The van der Waals surface area contributed by atoms with Crippen LogP contribution in [0.1, 0.15) is 91.5 Å². The summed E-state index contributed by atoms with van der Waals surface area (Å²) in [5.74, 6) is -0.630. The molecule has 1 atom stereocenters. The second-order valence-electron chi connectivity index (χ2n) is 8.77. The molecule has 0 fully saturated rings. The fourth-order valence-electron chi connectivity index (χ4n) is 4.48. The van der Waals surface area contributed by atoms with E-state index in [-0.39, 0.29) is 17.8 Å². The summed E-state index contributed by atoms with van der Waals surface area (Å²) < 4.78 is 27.0. The largest absolute Gasteiger partial charge is 0.389 e. The van der Waals surface area contributed by atoms with Gasteiger partial charge in [-0.2, -0.15) is 0 Å². The van der Waals surface area contributed by atoms with Crippen molar-refractivity contribution in [3.8, 4) is 0 Å². The highest BCUT2D eigenvalue weighted by Crippen LogP contribution is 2.39. The van der Waals surface area contributed by atoms with E-state index in [2.05, 4.69) is 34.6 Å². The van der Waals surface area contributed by atoms with Gasteiger partial charge in [0.05, 0.1) is 5.60 Å². The molecule has 156 valence electrons. The van der Waals surface area contributed by atoms with Crippen LogP contribution < -0.4 is 0 Å². The number of halogens is 2. The van der Waals surface area contributed by atoms with E-state index in [9.17, 15) is 13.9 Å². The SMILES string of the molecule is CCCCCCCCC(CCc1cc(F)cc(F)c1)C(O)(C(C)C)C(C)C. The Bertz CT molecular complexity index is 511. The predicted molar refractivity (Wildman–Crippen MR) is 111 cm³/mol. The molecule has 1 aromatic rings. The highest BCUT2D eigenvalue weighted by molar-refractivity contribution is 5.18. The number of unbranched alkanes of at least 4 members (excludes halogenated alkanes) is 5. The van der Waals surface area contributed by atoms with Gasteiger partial charge >= 0.3 is 0 Å². The van der Waals surface area contributed by atoms with E-state index >= 15 is 0 Å². The normalized spacial score (nSPS) is 13.6. The Balaban J connectivity index is 2.80. The number of hydrogen-bond donors (Lipinski definition) is 1. The second-order valence-corrected chi connectivity index (χ2v) is 8.77. The van der Waals surface area contributed by atoms with Gasteiger partial charge in [-0.3, -0.25) is 0 Å². The molecular formula is C24H40F2O. The molecule has 1 aromatic carbocycles. The highest BCUT2D eigenvalue weighted by atomic mass is 19.1. The predicted octanol–water partition coefficient (Wildman–Crippen LogP) is 7.31. The van der Waals surface area contributed by atoms with E-state index in [1.807, 2.05) is 0 Å². The molecule has 1 nitrogen and oxygen atoms in total. The molecular weight excluding hydrogens is 342 g/mol. The molecule has 1 N–H and O–H groups in total. The van der Waals surface area contributed by atoms with Crippen molar-refractivity contribution in [1.82, 2.24) is 0 Å². The van der Waals surface area contributed by atoms with Gasteiger partial charge in [-0.15, -0.1) is 0 Å². The van der Waals surface area contributed by atoms with E-state index < -0.39 is 17.2 Å². The summed E-state index contributed by atoms with van der Waals surface area (Å²) in [6.45, 7) is 10.5. The minimum Gasteiger partial charge on any atom is -0.389 e. The minimum absolute atomic E-state index is 0.134. The van der Waals surface area contributed by atoms with Crippen LogP contribution in [0.5, 0.6) is 0 Å². The average Bonchev–Trinajstić information content (AvgIpc) is 2.58. The molecule has 0 saturated heterocycles. The molecule has 0 aliphatic heterocycles. The van der Waals surface area contributed by atoms with E-state index in [0.29, 0.717) is 12.0 Å². The second kappa shape index (κ2) is 11.8. The molecule has 0 radical (unpaired) electrons. The van der Waals surface area contributed by atoms with Crippen molar-refractivity contribution in [3.63, 3.8) is 0 Å². The van der Waals surface area contributed by atoms with Gasteiger partial charge < -0.3 is 5.11 Å². The number of rotatable bonds is 13. The van der Waals surface area contributed by atoms with Gasteiger partial charge in [0.2, 0.25) is 0 Å². The van der Waals surface area contributed by atoms with E-state index in [1.165, 1.54) is 44.2 Å². The standard InChI is InChI=1S/C24H40F2O/c1-6-7-8-9-10-11-12-21(24(27,18(2)3)19(4)5)14-13-20-15-22(25)17-23(26)16-20/h15-19,21,27H,6-14H2,1-5H3. The van der Waals surface area contributed by atoms with Crippen LogP contribution in [0.25, 0.3) is 0 Å². The molecule has 0 aromatic heterocycles. The lowest BCUT2D eigenvalue weighted by Crippen LogP contribution is -2.48. The van der Waals surface area contributed by atoms with Gasteiger partial charge in [0.25, 0.3) is 0 Å². The monoisotopic (exact) mass is 382 g/mol. The van der Waals surface area contributed by atoms with Crippen LogP contribution >= 0.6 is 0 Å². The molecule has 1 rings (SSSR count). The molecule has 0 amide bonds. The Kier molecular flexibility index (Phi) is 10.5. The quantitative estimate of drug-likeness (QED) is 0.355. The Morgan fingerprint density at radius 2 is 1.33 bits per heavy atom. The first kappa shape index (κ1) is 24.1. The third-order valence-corrected chi connectivity index (χ3v) is 6.11. The smallest absolute Gasteiger partial charge is 0.126 e. The maximum atomic E-state index is 13.5.